The number of methoxy groups -OCH3 is 1. The van der Waals surface area contributed by atoms with Crippen LogP contribution < -0.4 is 10.5 Å². The summed E-state index contributed by atoms with van der Waals surface area (Å²) in [7, 11) is 1.30. The maximum absolute atomic E-state index is 13.0. The summed E-state index contributed by atoms with van der Waals surface area (Å²) < 4.78 is 23.2. The monoisotopic (exact) mass is 275 g/mol. The Labute approximate surface area is 115 Å². The molecule has 2 aromatic carbocycles. The Bertz CT molecular complexity index is 656. The number of nitrogens with two attached hydrogens (primary N) is 1. The van der Waals surface area contributed by atoms with E-state index < -0.39 is 5.97 Å². The average molecular weight is 275 g/mol. The molecule has 2 N–H and O–H groups in total. The smallest absolute Gasteiger partial charge is 0.337 e. The SMILES string of the molecule is COC(=O)c1ccc(Oc2ccc(F)cc2C)c(N)c1. The molecular weight excluding hydrogens is 261 g/mol. The van der Waals surface area contributed by atoms with Gasteiger partial charge in [0.2, 0.25) is 0 Å². The zero-order valence-electron chi connectivity index (χ0n) is 11.1. The Morgan fingerprint density at radius 3 is 2.45 bits per heavy atom. The molecule has 0 aliphatic rings. The van der Waals surface area contributed by atoms with Gasteiger partial charge in [-0.3, -0.25) is 0 Å². The van der Waals surface area contributed by atoms with Gasteiger partial charge in [0, 0.05) is 0 Å². The van der Waals surface area contributed by atoms with Crippen LogP contribution in [0.4, 0.5) is 10.1 Å². The zero-order chi connectivity index (χ0) is 14.7. The third kappa shape index (κ3) is 2.88. The number of benzene rings is 2. The minimum absolute atomic E-state index is 0.302. The number of carbonyl (C=O) groups excluding carboxylic acids is 1. The van der Waals surface area contributed by atoms with Crippen molar-refractivity contribution in [2.45, 2.75) is 6.92 Å². The van der Waals surface area contributed by atoms with E-state index in [1.807, 2.05) is 0 Å². The molecule has 0 heterocycles. The van der Waals surface area contributed by atoms with Crippen LogP contribution in [-0.4, -0.2) is 13.1 Å². The van der Waals surface area contributed by atoms with E-state index in [2.05, 4.69) is 4.74 Å². The van der Waals surface area contributed by atoms with E-state index in [0.717, 1.165) is 0 Å². The van der Waals surface area contributed by atoms with Gasteiger partial charge in [-0.2, -0.15) is 0 Å². The fraction of sp³-hybridized carbons (Fsp3) is 0.133. The molecule has 0 aliphatic carbocycles. The molecule has 0 bridgehead atoms. The summed E-state index contributed by atoms with van der Waals surface area (Å²) in [6.07, 6.45) is 0. The fourth-order valence-corrected chi connectivity index (χ4v) is 1.73. The van der Waals surface area contributed by atoms with Crippen molar-refractivity contribution in [3.8, 4) is 11.5 Å². The van der Waals surface area contributed by atoms with E-state index in [9.17, 15) is 9.18 Å². The zero-order valence-corrected chi connectivity index (χ0v) is 11.1. The number of halogens is 1. The maximum atomic E-state index is 13.0. The van der Waals surface area contributed by atoms with Gasteiger partial charge in [0.15, 0.2) is 0 Å². The Morgan fingerprint density at radius 1 is 1.15 bits per heavy atom. The quantitative estimate of drug-likeness (QED) is 0.689. The number of nitrogen functional groups attached to an aromatic ring is 1. The van der Waals surface area contributed by atoms with Crippen LogP contribution in [0.1, 0.15) is 15.9 Å². The number of hydrogen-bond acceptors (Lipinski definition) is 4. The van der Waals surface area contributed by atoms with Crippen LogP contribution in [0.25, 0.3) is 0 Å². The largest absolute Gasteiger partial charge is 0.465 e. The van der Waals surface area contributed by atoms with Gasteiger partial charge in [0.1, 0.15) is 17.3 Å². The van der Waals surface area contributed by atoms with Crippen molar-refractivity contribution in [3.05, 3.63) is 53.3 Å². The van der Waals surface area contributed by atoms with E-state index in [1.54, 1.807) is 19.1 Å². The Morgan fingerprint density at radius 2 is 1.85 bits per heavy atom. The van der Waals surface area contributed by atoms with E-state index in [0.29, 0.717) is 28.3 Å². The molecule has 20 heavy (non-hydrogen) atoms. The lowest BCUT2D eigenvalue weighted by molar-refractivity contribution is 0.0601. The molecule has 0 saturated heterocycles. The number of aryl methyl sites for hydroxylation is 1. The molecular formula is C15H14FNO3. The summed E-state index contributed by atoms with van der Waals surface area (Å²) in [6.45, 7) is 1.73. The van der Waals surface area contributed by atoms with Gasteiger partial charge >= 0.3 is 5.97 Å². The molecule has 2 aromatic rings. The average Bonchev–Trinajstić information content (AvgIpc) is 2.42. The molecule has 0 amide bonds. The number of hydrogen-bond donors (Lipinski definition) is 1. The first-order chi connectivity index (χ1) is 9.51. The molecule has 0 unspecified atom stereocenters. The number of ether oxygens (including phenoxy) is 2. The minimum Gasteiger partial charge on any atom is -0.465 e. The Kier molecular flexibility index (Phi) is 3.89. The van der Waals surface area contributed by atoms with E-state index in [4.69, 9.17) is 10.5 Å². The third-order valence-corrected chi connectivity index (χ3v) is 2.79. The Hall–Kier alpha value is -2.56. The highest BCUT2D eigenvalue weighted by atomic mass is 19.1. The van der Waals surface area contributed by atoms with Gasteiger partial charge in [-0.15, -0.1) is 0 Å². The van der Waals surface area contributed by atoms with Crippen LogP contribution in [0.2, 0.25) is 0 Å². The number of esters is 1. The van der Waals surface area contributed by atoms with Crippen molar-refractivity contribution in [1.82, 2.24) is 0 Å². The molecule has 0 radical (unpaired) electrons. The number of anilines is 1. The first-order valence-electron chi connectivity index (χ1n) is 5.93. The van der Waals surface area contributed by atoms with Crippen LogP contribution in [0.3, 0.4) is 0 Å². The van der Waals surface area contributed by atoms with Crippen molar-refractivity contribution in [2.24, 2.45) is 0 Å². The van der Waals surface area contributed by atoms with Crippen LogP contribution in [0, 0.1) is 12.7 Å². The van der Waals surface area contributed by atoms with Crippen molar-refractivity contribution in [1.29, 1.82) is 0 Å². The second kappa shape index (κ2) is 5.61. The van der Waals surface area contributed by atoms with Crippen LogP contribution >= 0.6 is 0 Å². The molecule has 104 valence electrons. The van der Waals surface area contributed by atoms with Crippen molar-refractivity contribution in [2.75, 3.05) is 12.8 Å². The van der Waals surface area contributed by atoms with Gasteiger partial charge < -0.3 is 15.2 Å². The summed E-state index contributed by atoms with van der Waals surface area (Å²) in [5.74, 6) is 0.0985. The van der Waals surface area contributed by atoms with Gasteiger partial charge in [-0.25, -0.2) is 9.18 Å². The molecule has 0 aliphatic heterocycles. The van der Waals surface area contributed by atoms with Gasteiger partial charge in [-0.1, -0.05) is 0 Å². The predicted octanol–water partition coefficient (Wildman–Crippen LogP) is 3.30. The lowest BCUT2D eigenvalue weighted by atomic mass is 10.2. The lowest BCUT2D eigenvalue weighted by Crippen LogP contribution is -2.03. The summed E-state index contributed by atoms with van der Waals surface area (Å²) in [5, 5.41) is 0. The molecule has 2 rings (SSSR count). The van der Waals surface area contributed by atoms with Gasteiger partial charge in [-0.05, 0) is 48.9 Å². The summed E-state index contributed by atoms with van der Waals surface area (Å²) in [6, 6.07) is 8.80. The molecule has 0 fully saturated rings. The molecule has 0 spiro atoms. The first kappa shape index (κ1) is 13.9. The fourth-order valence-electron chi connectivity index (χ4n) is 1.73. The molecule has 0 aromatic heterocycles. The third-order valence-electron chi connectivity index (χ3n) is 2.79. The van der Waals surface area contributed by atoms with Gasteiger partial charge in [0.05, 0.1) is 18.4 Å². The van der Waals surface area contributed by atoms with Crippen molar-refractivity contribution >= 4 is 11.7 Å². The molecule has 0 atom stereocenters. The van der Waals surface area contributed by atoms with Crippen LogP contribution in [-0.2, 0) is 4.74 Å². The van der Waals surface area contributed by atoms with E-state index in [1.165, 1.54) is 31.4 Å². The van der Waals surface area contributed by atoms with Crippen molar-refractivity contribution < 1.29 is 18.7 Å². The standard InChI is InChI=1S/C15H14FNO3/c1-9-7-11(16)4-6-13(9)20-14-5-3-10(8-12(14)17)15(18)19-2/h3-8H,17H2,1-2H3. The normalized spacial score (nSPS) is 10.2. The highest BCUT2D eigenvalue weighted by Gasteiger charge is 2.10. The van der Waals surface area contributed by atoms with E-state index in [-0.39, 0.29) is 5.82 Å². The van der Waals surface area contributed by atoms with E-state index >= 15 is 0 Å². The topological polar surface area (TPSA) is 61.5 Å². The highest BCUT2D eigenvalue weighted by Crippen LogP contribution is 2.30. The minimum atomic E-state index is -0.471. The summed E-state index contributed by atoms with van der Waals surface area (Å²) in [5.41, 5.74) is 7.13. The Balaban J connectivity index is 2.28. The first-order valence-corrected chi connectivity index (χ1v) is 5.93. The van der Waals surface area contributed by atoms with Crippen molar-refractivity contribution in [3.63, 3.8) is 0 Å². The molecule has 4 nitrogen and oxygen atoms in total. The number of carbonyl (C=O) groups is 1. The maximum Gasteiger partial charge on any atom is 0.337 e. The second-order valence-electron chi connectivity index (χ2n) is 4.26. The lowest BCUT2D eigenvalue weighted by Gasteiger charge is -2.11. The second-order valence-corrected chi connectivity index (χ2v) is 4.26. The summed E-state index contributed by atoms with van der Waals surface area (Å²) in [4.78, 5) is 11.4. The van der Waals surface area contributed by atoms with Crippen LogP contribution in [0.5, 0.6) is 11.5 Å². The highest BCUT2D eigenvalue weighted by molar-refractivity contribution is 5.90. The predicted molar refractivity (Wildman–Crippen MR) is 73.4 cm³/mol. The van der Waals surface area contributed by atoms with Gasteiger partial charge in [0.25, 0.3) is 0 Å². The molecule has 0 saturated carbocycles. The number of rotatable bonds is 3. The summed E-state index contributed by atoms with van der Waals surface area (Å²) >= 11 is 0. The van der Waals surface area contributed by atoms with Crippen LogP contribution in [0.15, 0.2) is 36.4 Å². The molecule has 5 heteroatoms.